The molecule has 1 saturated carbocycles. The molecule has 0 bridgehead atoms. The third kappa shape index (κ3) is 4.96. The summed E-state index contributed by atoms with van der Waals surface area (Å²) in [6, 6.07) is 7.32. The van der Waals surface area contributed by atoms with E-state index >= 15 is 0 Å². The van der Waals surface area contributed by atoms with Gasteiger partial charge in [-0.05, 0) is 56.7 Å². The molecule has 2 rings (SSSR count). The van der Waals surface area contributed by atoms with Crippen molar-refractivity contribution in [3.63, 3.8) is 0 Å². The minimum Gasteiger partial charge on any atom is -0.494 e. The molecule has 1 aliphatic rings. The molecule has 1 aromatic carbocycles. The largest absolute Gasteiger partial charge is 0.494 e. The lowest BCUT2D eigenvalue weighted by atomic mass is 9.98. The van der Waals surface area contributed by atoms with Gasteiger partial charge in [0, 0.05) is 6.61 Å². The SMILES string of the molecule is CCCCOc1ccc(NC(=O)[C@](C)(OCCC)C2CC2)c(C#N)c1. The van der Waals surface area contributed by atoms with Crippen molar-refractivity contribution in [2.45, 2.75) is 58.5 Å². The number of carbonyl (C=O) groups is 1. The molecule has 0 radical (unpaired) electrons. The first-order valence-electron chi connectivity index (χ1n) is 9.17. The molecule has 1 atom stereocenters. The second kappa shape index (κ2) is 8.87. The van der Waals surface area contributed by atoms with Crippen molar-refractivity contribution in [2.24, 2.45) is 5.92 Å². The molecule has 0 saturated heterocycles. The summed E-state index contributed by atoms with van der Waals surface area (Å²) in [7, 11) is 0. The van der Waals surface area contributed by atoms with E-state index in [4.69, 9.17) is 9.47 Å². The number of hydrogen-bond donors (Lipinski definition) is 1. The molecular formula is C20H28N2O3. The second-order valence-corrected chi connectivity index (χ2v) is 6.71. The van der Waals surface area contributed by atoms with Gasteiger partial charge in [0.15, 0.2) is 0 Å². The van der Waals surface area contributed by atoms with Crippen LogP contribution in [0.3, 0.4) is 0 Å². The number of ether oxygens (including phenoxy) is 2. The summed E-state index contributed by atoms with van der Waals surface area (Å²) < 4.78 is 11.5. The fourth-order valence-electron chi connectivity index (χ4n) is 2.71. The van der Waals surface area contributed by atoms with Gasteiger partial charge >= 0.3 is 0 Å². The molecule has 0 heterocycles. The molecular weight excluding hydrogens is 316 g/mol. The van der Waals surface area contributed by atoms with Crippen LogP contribution in [0.5, 0.6) is 5.75 Å². The fraction of sp³-hybridized carbons (Fsp3) is 0.600. The third-order valence-corrected chi connectivity index (χ3v) is 4.54. The molecule has 5 nitrogen and oxygen atoms in total. The minimum atomic E-state index is -0.834. The highest BCUT2D eigenvalue weighted by atomic mass is 16.5. The van der Waals surface area contributed by atoms with Gasteiger partial charge in [0.2, 0.25) is 0 Å². The summed E-state index contributed by atoms with van der Waals surface area (Å²) in [5.74, 6) is 0.719. The first-order chi connectivity index (χ1) is 12.0. The van der Waals surface area contributed by atoms with Crippen LogP contribution in [-0.4, -0.2) is 24.7 Å². The molecule has 5 heteroatoms. The molecule has 1 aliphatic carbocycles. The Bertz CT molecular complexity index is 634. The molecule has 0 spiro atoms. The lowest BCUT2D eigenvalue weighted by Crippen LogP contribution is -2.45. The van der Waals surface area contributed by atoms with E-state index in [1.807, 2.05) is 13.8 Å². The minimum absolute atomic E-state index is 0.181. The number of nitrogens with one attached hydrogen (secondary N) is 1. The van der Waals surface area contributed by atoms with Crippen LogP contribution >= 0.6 is 0 Å². The summed E-state index contributed by atoms with van der Waals surface area (Å²) in [4.78, 5) is 12.8. The first-order valence-corrected chi connectivity index (χ1v) is 9.17. The smallest absolute Gasteiger partial charge is 0.256 e. The van der Waals surface area contributed by atoms with Crippen molar-refractivity contribution < 1.29 is 14.3 Å². The van der Waals surface area contributed by atoms with E-state index in [2.05, 4.69) is 18.3 Å². The summed E-state index contributed by atoms with van der Waals surface area (Å²) >= 11 is 0. The molecule has 0 aromatic heterocycles. The van der Waals surface area contributed by atoms with Gasteiger partial charge in [-0.3, -0.25) is 4.79 Å². The van der Waals surface area contributed by atoms with Gasteiger partial charge in [-0.25, -0.2) is 0 Å². The monoisotopic (exact) mass is 344 g/mol. The van der Waals surface area contributed by atoms with E-state index < -0.39 is 5.60 Å². The van der Waals surface area contributed by atoms with Crippen LogP contribution in [0, 0.1) is 17.2 Å². The maximum Gasteiger partial charge on any atom is 0.256 e. The van der Waals surface area contributed by atoms with E-state index in [0.29, 0.717) is 30.2 Å². The van der Waals surface area contributed by atoms with Crippen LogP contribution in [0.1, 0.15) is 58.4 Å². The number of hydrogen-bond acceptors (Lipinski definition) is 4. The Hall–Kier alpha value is -2.06. The van der Waals surface area contributed by atoms with Crippen molar-refractivity contribution in [1.82, 2.24) is 0 Å². The fourth-order valence-corrected chi connectivity index (χ4v) is 2.71. The predicted octanol–water partition coefficient (Wildman–Crippen LogP) is 4.27. The van der Waals surface area contributed by atoms with Crippen LogP contribution < -0.4 is 10.1 Å². The highest BCUT2D eigenvalue weighted by Gasteiger charge is 2.48. The molecule has 0 aliphatic heterocycles. The summed E-state index contributed by atoms with van der Waals surface area (Å²) in [6.07, 6.45) is 4.89. The predicted molar refractivity (Wildman–Crippen MR) is 97.6 cm³/mol. The number of nitriles is 1. The molecule has 1 amide bonds. The van der Waals surface area contributed by atoms with Gasteiger partial charge in [0.1, 0.15) is 17.4 Å². The van der Waals surface area contributed by atoms with E-state index in [0.717, 1.165) is 32.1 Å². The Morgan fingerprint density at radius 3 is 2.68 bits per heavy atom. The number of rotatable bonds is 10. The normalized spacial score (nSPS) is 15.9. The Kier molecular flexibility index (Phi) is 6.83. The molecule has 136 valence electrons. The molecule has 1 fully saturated rings. The first kappa shape index (κ1) is 19.3. The third-order valence-electron chi connectivity index (χ3n) is 4.54. The van der Waals surface area contributed by atoms with Crippen LogP contribution in [0.4, 0.5) is 5.69 Å². The number of benzene rings is 1. The summed E-state index contributed by atoms with van der Waals surface area (Å²) in [5, 5.41) is 12.3. The lowest BCUT2D eigenvalue weighted by Gasteiger charge is -2.29. The zero-order valence-electron chi connectivity index (χ0n) is 15.4. The second-order valence-electron chi connectivity index (χ2n) is 6.71. The van der Waals surface area contributed by atoms with Gasteiger partial charge in [-0.1, -0.05) is 20.3 Å². The van der Waals surface area contributed by atoms with E-state index in [1.165, 1.54) is 0 Å². The highest BCUT2D eigenvalue weighted by molar-refractivity contribution is 5.98. The van der Waals surface area contributed by atoms with Crippen LogP contribution in [-0.2, 0) is 9.53 Å². The Labute approximate surface area is 150 Å². The number of nitrogens with zero attached hydrogens (tertiary/aromatic N) is 1. The van der Waals surface area contributed by atoms with E-state index in [-0.39, 0.29) is 11.8 Å². The number of anilines is 1. The van der Waals surface area contributed by atoms with Gasteiger partial charge < -0.3 is 14.8 Å². The van der Waals surface area contributed by atoms with Crippen molar-refractivity contribution in [3.05, 3.63) is 23.8 Å². The van der Waals surface area contributed by atoms with Crippen molar-refractivity contribution in [2.75, 3.05) is 18.5 Å². The summed E-state index contributed by atoms with van der Waals surface area (Å²) in [5.41, 5.74) is 0.0669. The molecule has 0 unspecified atom stereocenters. The average Bonchev–Trinajstić information content (AvgIpc) is 3.46. The van der Waals surface area contributed by atoms with E-state index in [1.54, 1.807) is 18.2 Å². The van der Waals surface area contributed by atoms with Crippen LogP contribution in [0.25, 0.3) is 0 Å². The van der Waals surface area contributed by atoms with Crippen molar-refractivity contribution in [3.8, 4) is 11.8 Å². The number of amides is 1. The number of carbonyl (C=O) groups excluding carboxylic acids is 1. The van der Waals surface area contributed by atoms with Gasteiger partial charge in [-0.2, -0.15) is 5.26 Å². The Balaban J connectivity index is 2.10. The maximum absolute atomic E-state index is 12.8. The van der Waals surface area contributed by atoms with Gasteiger partial charge in [0.25, 0.3) is 5.91 Å². The zero-order valence-corrected chi connectivity index (χ0v) is 15.4. The van der Waals surface area contributed by atoms with Crippen molar-refractivity contribution in [1.29, 1.82) is 5.26 Å². The molecule has 25 heavy (non-hydrogen) atoms. The molecule has 1 aromatic rings. The Morgan fingerprint density at radius 1 is 1.32 bits per heavy atom. The van der Waals surface area contributed by atoms with E-state index in [9.17, 15) is 10.1 Å². The lowest BCUT2D eigenvalue weighted by molar-refractivity contribution is -0.142. The van der Waals surface area contributed by atoms with Crippen LogP contribution in [0.2, 0.25) is 0 Å². The quantitative estimate of drug-likeness (QED) is 0.643. The van der Waals surface area contributed by atoms with Gasteiger partial charge in [-0.15, -0.1) is 0 Å². The molecule has 1 N–H and O–H groups in total. The maximum atomic E-state index is 12.8. The standard InChI is InChI=1S/C20H28N2O3/c1-4-6-12-24-17-9-10-18(15(13-17)14-21)22-19(23)20(3,16-7-8-16)25-11-5-2/h9-10,13,16H,4-8,11-12H2,1-3H3,(H,22,23)/t20-/m1/s1. The number of unbranched alkanes of at least 4 members (excludes halogenated alkanes) is 1. The summed E-state index contributed by atoms with van der Waals surface area (Å²) in [6.45, 7) is 7.15. The van der Waals surface area contributed by atoms with Gasteiger partial charge in [0.05, 0.1) is 17.9 Å². The average molecular weight is 344 g/mol. The zero-order chi connectivity index (χ0) is 18.3. The van der Waals surface area contributed by atoms with Crippen LogP contribution in [0.15, 0.2) is 18.2 Å². The van der Waals surface area contributed by atoms with Crippen molar-refractivity contribution >= 4 is 11.6 Å². The Morgan fingerprint density at radius 2 is 2.08 bits per heavy atom. The topological polar surface area (TPSA) is 71.3 Å². The highest BCUT2D eigenvalue weighted by Crippen LogP contribution is 2.42.